The van der Waals surface area contributed by atoms with Gasteiger partial charge in [0.05, 0.1) is 30.4 Å². The molecule has 3 heterocycles. The molecule has 1 saturated heterocycles. The van der Waals surface area contributed by atoms with Gasteiger partial charge in [0.2, 0.25) is 27.7 Å². The molecule has 57 heavy (non-hydrogen) atoms. The van der Waals surface area contributed by atoms with Crippen LogP contribution in [0.1, 0.15) is 97.1 Å². The third-order valence-electron chi connectivity index (χ3n) is 12.2. The van der Waals surface area contributed by atoms with Gasteiger partial charge in [0, 0.05) is 18.4 Å². The number of methoxy groups -OCH3 is 1. The highest BCUT2D eigenvalue weighted by Gasteiger charge is 2.61. The number of benzene rings is 1. The van der Waals surface area contributed by atoms with Gasteiger partial charge in [-0.3, -0.25) is 19.1 Å². The zero-order valence-corrected chi connectivity index (χ0v) is 34.2. The topological polar surface area (TPSA) is 195 Å². The van der Waals surface area contributed by atoms with E-state index in [2.05, 4.69) is 21.9 Å². The van der Waals surface area contributed by atoms with Crippen molar-refractivity contribution in [1.82, 2.24) is 30.2 Å². The summed E-state index contributed by atoms with van der Waals surface area (Å²) >= 11 is 0. The molecule has 2 aromatic rings. The average Bonchev–Trinajstić information content (AvgIpc) is 4.01. The number of rotatable bonds is 8. The van der Waals surface area contributed by atoms with Crippen LogP contribution in [-0.4, -0.2) is 96.3 Å². The summed E-state index contributed by atoms with van der Waals surface area (Å²) in [4.78, 5) is 67.6. The Bertz CT molecular complexity index is 2020. The number of hydrogen-bond donors (Lipinski definition) is 3. The molecule has 1 aromatic carbocycles. The van der Waals surface area contributed by atoms with E-state index >= 15 is 0 Å². The first kappa shape index (κ1) is 40.7. The molecule has 3 aliphatic carbocycles. The molecule has 4 fully saturated rings. The number of aromatic nitrogens is 2. The molecule has 16 heteroatoms. The summed E-state index contributed by atoms with van der Waals surface area (Å²) in [5.41, 5.74) is -0.458. The number of alkyl carbamates (subject to hydrolysis) is 1. The molecular formula is C41H56N6O9S. The van der Waals surface area contributed by atoms with Crippen molar-refractivity contribution >= 4 is 44.9 Å². The van der Waals surface area contributed by atoms with Crippen molar-refractivity contribution in [1.29, 1.82) is 0 Å². The molecule has 7 atom stereocenters. The van der Waals surface area contributed by atoms with E-state index in [0.29, 0.717) is 34.8 Å². The largest absolute Gasteiger partial charge is 0.497 e. The minimum Gasteiger partial charge on any atom is -0.497 e. The number of amides is 4. The van der Waals surface area contributed by atoms with Crippen LogP contribution in [0, 0.1) is 23.2 Å². The lowest BCUT2D eigenvalue weighted by molar-refractivity contribution is -0.143. The zero-order chi connectivity index (χ0) is 40.7. The van der Waals surface area contributed by atoms with Gasteiger partial charge in [0.25, 0.3) is 5.91 Å². The molecule has 2 bridgehead atoms. The van der Waals surface area contributed by atoms with Crippen LogP contribution in [0.2, 0.25) is 0 Å². The quantitative estimate of drug-likeness (QED) is 0.322. The average molecular weight is 809 g/mol. The first-order chi connectivity index (χ1) is 27.1. The Labute approximate surface area is 334 Å². The summed E-state index contributed by atoms with van der Waals surface area (Å²) in [6.07, 6.45) is 8.45. The summed E-state index contributed by atoms with van der Waals surface area (Å²) in [6, 6.07) is 3.21. The Morgan fingerprint density at radius 3 is 2.53 bits per heavy atom. The lowest BCUT2D eigenvalue weighted by Crippen LogP contribution is -2.60. The summed E-state index contributed by atoms with van der Waals surface area (Å²) in [7, 11) is -2.36. The van der Waals surface area contributed by atoms with Crippen LogP contribution in [0.5, 0.6) is 11.6 Å². The van der Waals surface area contributed by atoms with E-state index in [1.165, 1.54) is 11.0 Å². The van der Waals surface area contributed by atoms with Crippen molar-refractivity contribution in [2.75, 3.05) is 19.4 Å². The Hall–Kier alpha value is -4.47. The van der Waals surface area contributed by atoms with Gasteiger partial charge in [-0.15, -0.1) is 6.58 Å². The van der Waals surface area contributed by atoms with Crippen molar-refractivity contribution in [3.63, 3.8) is 0 Å². The van der Waals surface area contributed by atoms with Crippen LogP contribution in [-0.2, 0) is 35.6 Å². The van der Waals surface area contributed by atoms with Gasteiger partial charge in [0.1, 0.15) is 41.3 Å². The van der Waals surface area contributed by atoms with Crippen molar-refractivity contribution in [2.24, 2.45) is 23.2 Å². The number of carbonyl (C=O) groups excluding carboxylic acids is 4. The maximum absolute atomic E-state index is 14.8. The second-order valence-electron chi connectivity index (χ2n) is 17.7. The highest BCUT2D eigenvalue weighted by Crippen LogP contribution is 2.45. The van der Waals surface area contributed by atoms with Crippen molar-refractivity contribution in [3.05, 3.63) is 36.5 Å². The Morgan fingerprint density at radius 2 is 1.82 bits per heavy atom. The van der Waals surface area contributed by atoms with Crippen molar-refractivity contribution < 1.29 is 41.8 Å². The highest BCUT2D eigenvalue weighted by molar-refractivity contribution is 7.90. The second kappa shape index (κ2) is 16.1. The number of carbonyl (C=O) groups is 4. The van der Waals surface area contributed by atoms with Crippen LogP contribution >= 0.6 is 0 Å². The fourth-order valence-corrected chi connectivity index (χ4v) is 10.1. The van der Waals surface area contributed by atoms with Crippen molar-refractivity contribution in [2.45, 2.75) is 128 Å². The Kier molecular flexibility index (Phi) is 11.5. The number of nitrogens with zero attached hydrogens (tertiary/aromatic N) is 3. The molecule has 1 unspecified atom stereocenters. The van der Waals surface area contributed by atoms with Crippen LogP contribution in [0.4, 0.5) is 4.79 Å². The van der Waals surface area contributed by atoms with Crippen LogP contribution in [0.25, 0.3) is 11.0 Å². The molecule has 0 radical (unpaired) electrons. The van der Waals surface area contributed by atoms with Gasteiger partial charge >= 0.3 is 6.09 Å². The standard InChI is InChI=1S/C41H56N6O9S/c1-6-26-21-41(26,38(50)46-57(52,53)23-24-15-16-24)45-35(48)32-20-28-22-47(32)37(49)34(40(2,3)4)44-39(51)56-33-14-10-12-25(33)11-8-7-9-13-30-36(55-28)43-31-19-27(54-5)17-18-29(31)42-30/h6,17-19,24-26,28,32-34H,1,7-16,20-23H2,2-5H3,(H,44,51)(H,45,48)(H,46,50)/t25-,26?,28-,32+,33-,34-,41-/m1/s1. The van der Waals surface area contributed by atoms with Crippen LogP contribution in [0.15, 0.2) is 30.9 Å². The fourth-order valence-electron chi connectivity index (χ4n) is 8.65. The maximum Gasteiger partial charge on any atom is 0.408 e. The predicted molar refractivity (Wildman–Crippen MR) is 211 cm³/mol. The lowest BCUT2D eigenvalue weighted by atomic mass is 9.85. The van der Waals surface area contributed by atoms with Crippen LogP contribution < -0.4 is 24.8 Å². The molecule has 15 nitrogen and oxygen atoms in total. The molecule has 3 saturated carbocycles. The second-order valence-corrected chi connectivity index (χ2v) is 19.4. The minimum atomic E-state index is -3.94. The van der Waals surface area contributed by atoms with Crippen LogP contribution in [0.3, 0.4) is 0 Å². The summed E-state index contributed by atoms with van der Waals surface area (Å²) in [6.45, 7) is 9.24. The van der Waals surface area contributed by atoms with Crippen molar-refractivity contribution in [3.8, 4) is 11.6 Å². The molecule has 5 aliphatic rings. The molecule has 3 N–H and O–H groups in total. The van der Waals surface area contributed by atoms with Gasteiger partial charge in [-0.2, -0.15) is 0 Å². The van der Waals surface area contributed by atoms with E-state index in [-0.39, 0.29) is 43.1 Å². The SMILES string of the molecule is C=CC1C[C@]1(NC(=O)[C@@H]1C[C@@H]2CN1C(=O)[C@H](C(C)(C)C)NC(=O)O[C@@H]1CCC[C@H]1CCCCCc1nc3ccc(OC)cc3nc1O2)C(=O)NS(=O)(=O)CC1CC1. The molecular weight excluding hydrogens is 753 g/mol. The first-order valence-electron chi connectivity index (χ1n) is 20.4. The summed E-state index contributed by atoms with van der Waals surface area (Å²) in [5, 5.41) is 5.69. The maximum atomic E-state index is 14.8. The van der Waals surface area contributed by atoms with E-state index in [1.54, 1.807) is 13.2 Å². The highest BCUT2D eigenvalue weighted by atomic mass is 32.2. The molecule has 1 aromatic heterocycles. The molecule has 0 spiro atoms. The number of fused-ring (bicyclic) bond motifs is 5. The van der Waals surface area contributed by atoms with E-state index in [9.17, 15) is 27.6 Å². The van der Waals surface area contributed by atoms with Gasteiger partial charge in [-0.25, -0.2) is 23.2 Å². The monoisotopic (exact) mass is 808 g/mol. The Balaban J connectivity index is 1.22. The summed E-state index contributed by atoms with van der Waals surface area (Å²) < 4.78 is 45.9. The number of aryl methyl sites for hydroxylation is 1. The molecule has 310 valence electrons. The van der Waals surface area contributed by atoms with Gasteiger partial charge < -0.3 is 29.7 Å². The third-order valence-corrected chi connectivity index (χ3v) is 13.6. The lowest BCUT2D eigenvalue weighted by Gasteiger charge is -2.35. The van der Waals surface area contributed by atoms with E-state index in [0.717, 1.165) is 57.8 Å². The number of sulfonamides is 1. The molecule has 2 aliphatic heterocycles. The minimum absolute atomic E-state index is 0.00796. The first-order valence-corrected chi connectivity index (χ1v) is 22.0. The van der Waals surface area contributed by atoms with Gasteiger partial charge in [0.15, 0.2) is 0 Å². The normalized spacial score (nSPS) is 29.7. The van der Waals surface area contributed by atoms with E-state index in [4.69, 9.17) is 24.2 Å². The fraction of sp³-hybridized carbons (Fsp3) is 0.659. The zero-order valence-electron chi connectivity index (χ0n) is 33.4. The number of ether oxygens (including phenoxy) is 3. The summed E-state index contributed by atoms with van der Waals surface area (Å²) in [5.74, 6) is -1.58. The predicted octanol–water partition coefficient (Wildman–Crippen LogP) is 4.33. The van der Waals surface area contributed by atoms with Gasteiger partial charge in [-0.05, 0) is 87.2 Å². The smallest absolute Gasteiger partial charge is 0.408 e. The third kappa shape index (κ3) is 9.15. The van der Waals surface area contributed by atoms with E-state index in [1.807, 2.05) is 32.9 Å². The molecule has 4 amide bonds. The number of nitrogens with one attached hydrogen (secondary N) is 3. The van der Waals surface area contributed by atoms with E-state index < -0.39 is 68.9 Å². The number of hydrogen-bond acceptors (Lipinski definition) is 11. The van der Waals surface area contributed by atoms with Gasteiger partial charge in [-0.1, -0.05) is 39.7 Å². The molecule has 7 rings (SSSR count). The Morgan fingerprint density at radius 1 is 1.05 bits per heavy atom.